The van der Waals surface area contributed by atoms with E-state index < -0.39 is 0 Å². The van der Waals surface area contributed by atoms with E-state index in [9.17, 15) is 9.59 Å². The molecule has 2 fully saturated rings. The van der Waals surface area contributed by atoms with Crippen LogP contribution in [0.2, 0.25) is 0 Å². The number of benzene rings is 1. The zero-order valence-corrected chi connectivity index (χ0v) is 21.4. The zero-order valence-electron chi connectivity index (χ0n) is 19.1. The van der Waals surface area contributed by atoms with E-state index in [0.717, 1.165) is 38.1 Å². The van der Waals surface area contributed by atoms with E-state index >= 15 is 0 Å². The van der Waals surface area contributed by atoms with Gasteiger partial charge in [0, 0.05) is 50.7 Å². The maximum Gasteiger partial charge on any atom is 0.251 e. The third kappa shape index (κ3) is 7.53. The van der Waals surface area contributed by atoms with Gasteiger partial charge in [-0.1, -0.05) is 19.3 Å². The van der Waals surface area contributed by atoms with Gasteiger partial charge in [0.1, 0.15) is 5.75 Å². The molecule has 0 aromatic heterocycles. The molecule has 0 radical (unpaired) electrons. The second kappa shape index (κ2) is 13.5. The van der Waals surface area contributed by atoms with Crippen LogP contribution >= 0.6 is 24.0 Å². The van der Waals surface area contributed by atoms with Crippen molar-refractivity contribution in [3.8, 4) is 5.75 Å². The molecule has 2 aliphatic rings. The quantitative estimate of drug-likeness (QED) is 0.207. The average molecular weight is 557 g/mol. The van der Waals surface area contributed by atoms with Gasteiger partial charge in [-0.3, -0.25) is 14.6 Å². The van der Waals surface area contributed by atoms with Crippen molar-refractivity contribution in [1.82, 2.24) is 20.9 Å². The summed E-state index contributed by atoms with van der Waals surface area (Å²) >= 11 is 0. The molecule has 1 atom stereocenters. The zero-order chi connectivity index (χ0) is 22.1. The van der Waals surface area contributed by atoms with Crippen molar-refractivity contribution in [2.45, 2.75) is 44.6 Å². The predicted molar refractivity (Wildman–Crippen MR) is 137 cm³/mol. The molecular weight excluding hydrogens is 521 g/mol. The van der Waals surface area contributed by atoms with Gasteiger partial charge in [-0.05, 0) is 43.5 Å². The monoisotopic (exact) mass is 557 g/mol. The fourth-order valence-corrected chi connectivity index (χ4v) is 4.28. The number of aliphatic imine (C=N–C) groups is 1. The summed E-state index contributed by atoms with van der Waals surface area (Å²) in [5.41, 5.74) is 0.594. The van der Waals surface area contributed by atoms with Gasteiger partial charge in [0.2, 0.25) is 5.91 Å². The number of nitrogens with one attached hydrogen (secondary N) is 3. The number of carbonyl (C=O) groups excluding carboxylic acids is 2. The van der Waals surface area contributed by atoms with Gasteiger partial charge in [0.05, 0.1) is 7.11 Å². The standard InChI is InChI=1S/C23H35N5O3.HI/c1-24-23(26-14-13-25-21(29)17-8-10-20(31-2)11-9-17)27-19-12-15-28(16-19)22(30)18-6-4-3-5-7-18;/h8-11,18-19H,3-7,12-16H2,1-2H3,(H,25,29)(H2,24,26,27);1H. The van der Waals surface area contributed by atoms with E-state index in [1.54, 1.807) is 38.4 Å². The highest BCUT2D eigenvalue weighted by Crippen LogP contribution is 2.26. The lowest BCUT2D eigenvalue weighted by Crippen LogP contribution is -2.47. The average Bonchev–Trinajstić information content (AvgIpc) is 3.29. The summed E-state index contributed by atoms with van der Waals surface area (Å²) in [7, 11) is 3.32. The van der Waals surface area contributed by atoms with Crippen LogP contribution in [0.15, 0.2) is 29.3 Å². The van der Waals surface area contributed by atoms with Crippen LogP contribution in [0, 0.1) is 5.92 Å². The molecule has 9 heteroatoms. The first kappa shape index (κ1) is 26.2. The molecule has 3 N–H and O–H groups in total. The molecule has 178 valence electrons. The predicted octanol–water partition coefficient (Wildman–Crippen LogP) is 2.39. The molecule has 3 rings (SSSR count). The minimum atomic E-state index is -0.125. The number of amides is 2. The largest absolute Gasteiger partial charge is 0.497 e. The van der Waals surface area contributed by atoms with Crippen LogP contribution in [0.1, 0.15) is 48.9 Å². The number of nitrogens with zero attached hydrogens (tertiary/aromatic N) is 2. The Balaban J connectivity index is 0.00000363. The molecule has 1 saturated heterocycles. The van der Waals surface area contributed by atoms with Gasteiger partial charge in [0.15, 0.2) is 5.96 Å². The lowest BCUT2D eigenvalue weighted by Gasteiger charge is -2.26. The summed E-state index contributed by atoms with van der Waals surface area (Å²) in [6.07, 6.45) is 6.62. The fraction of sp³-hybridized carbons (Fsp3) is 0.609. The maximum absolute atomic E-state index is 12.7. The molecule has 32 heavy (non-hydrogen) atoms. The smallest absolute Gasteiger partial charge is 0.251 e. The molecule has 8 nitrogen and oxygen atoms in total. The molecule has 0 spiro atoms. The van der Waals surface area contributed by atoms with Gasteiger partial charge >= 0.3 is 0 Å². The summed E-state index contributed by atoms with van der Waals surface area (Å²) in [6, 6.07) is 7.21. The van der Waals surface area contributed by atoms with E-state index in [-0.39, 0.29) is 41.8 Å². The molecule has 2 amide bonds. The molecule has 1 aliphatic heterocycles. The second-order valence-electron chi connectivity index (χ2n) is 8.23. The van der Waals surface area contributed by atoms with Crippen LogP contribution < -0.4 is 20.7 Å². The van der Waals surface area contributed by atoms with E-state index in [1.165, 1.54) is 19.3 Å². The first-order valence-corrected chi connectivity index (χ1v) is 11.3. The van der Waals surface area contributed by atoms with Crippen LogP contribution in [0.25, 0.3) is 0 Å². The van der Waals surface area contributed by atoms with Crippen LogP contribution in [-0.2, 0) is 4.79 Å². The Morgan fingerprint density at radius 1 is 1.06 bits per heavy atom. The molecule has 0 bridgehead atoms. The van der Waals surface area contributed by atoms with Gasteiger partial charge < -0.3 is 25.6 Å². The van der Waals surface area contributed by atoms with Crippen LogP contribution in [-0.4, -0.2) is 69.1 Å². The van der Waals surface area contributed by atoms with Gasteiger partial charge in [-0.25, -0.2) is 0 Å². The van der Waals surface area contributed by atoms with Crippen molar-refractivity contribution in [2.24, 2.45) is 10.9 Å². The summed E-state index contributed by atoms with van der Waals surface area (Å²) in [5.74, 6) is 1.84. The van der Waals surface area contributed by atoms with Crippen molar-refractivity contribution < 1.29 is 14.3 Å². The van der Waals surface area contributed by atoms with Gasteiger partial charge in [0.25, 0.3) is 5.91 Å². The minimum Gasteiger partial charge on any atom is -0.497 e. The normalized spacial score (nSPS) is 19.1. The number of likely N-dealkylation sites (tertiary alicyclic amines) is 1. The lowest BCUT2D eigenvalue weighted by atomic mass is 9.88. The van der Waals surface area contributed by atoms with Crippen LogP contribution in [0.5, 0.6) is 5.75 Å². The summed E-state index contributed by atoms with van der Waals surface area (Å²) in [6.45, 7) is 2.56. The van der Waals surface area contributed by atoms with Crippen molar-refractivity contribution in [3.05, 3.63) is 29.8 Å². The van der Waals surface area contributed by atoms with E-state index in [2.05, 4.69) is 20.9 Å². The number of guanidine groups is 1. The molecule has 1 aromatic carbocycles. The Morgan fingerprint density at radius 3 is 2.41 bits per heavy atom. The SMILES string of the molecule is CN=C(NCCNC(=O)c1ccc(OC)cc1)NC1CCN(C(=O)C2CCCCC2)C1.I. The Hall–Kier alpha value is -2.04. The first-order valence-electron chi connectivity index (χ1n) is 11.3. The number of ether oxygens (including phenoxy) is 1. The topological polar surface area (TPSA) is 95.1 Å². The number of hydrogen-bond acceptors (Lipinski definition) is 4. The number of rotatable bonds is 7. The Kier molecular flexibility index (Phi) is 11.1. The number of halogens is 1. The van der Waals surface area contributed by atoms with E-state index in [1.807, 2.05) is 4.90 Å². The fourth-order valence-electron chi connectivity index (χ4n) is 4.28. The summed E-state index contributed by atoms with van der Waals surface area (Å²) < 4.78 is 5.11. The van der Waals surface area contributed by atoms with Crippen molar-refractivity contribution >= 4 is 41.8 Å². The van der Waals surface area contributed by atoms with Gasteiger partial charge in [-0.2, -0.15) is 0 Å². The summed E-state index contributed by atoms with van der Waals surface area (Å²) in [5, 5.41) is 9.52. The van der Waals surface area contributed by atoms with Crippen molar-refractivity contribution in [1.29, 1.82) is 0 Å². The molecular formula is C23H36IN5O3. The highest BCUT2D eigenvalue weighted by atomic mass is 127. The van der Waals surface area contributed by atoms with E-state index in [4.69, 9.17) is 4.74 Å². The highest BCUT2D eigenvalue weighted by Gasteiger charge is 2.31. The highest BCUT2D eigenvalue weighted by molar-refractivity contribution is 14.0. The molecule has 1 unspecified atom stereocenters. The van der Waals surface area contributed by atoms with Crippen LogP contribution in [0.4, 0.5) is 0 Å². The molecule has 1 heterocycles. The molecule has 1 aromatic rings. The minimum absolute atomic E-state index is 0. The van der Waals surface area contributed by atoms with Gasteiger partial charge in [-0.15, -0.1) is 24.0 Å². The third-order valence-corrected chi connectivity index (χ3v) is 6.07. The van der Waals surface area contributed by atoms with Crippen molar-refractivity contribution in [2.75, 3.05) is 40.3 Å². The van der Waals surface area contributed by atoms with Crippen LogP contribution in [0.3, 0.4) is 0 Å². The summed E-state index contributed by atoms with van der Waals surface area (Å²) in [4.78, 5) is 31.2. The number of methoxy groups -OCH3 is 1. The molecule has 1 saturated carbocycles. The number of hydrogen-bond donors (Lipinski definition) is 3. The Morgan fingerprint density at radius 2 is 1.75 bits per heavy atom. The first-order chi connectivity index (χ1) is 15.1. The second-order valence-corrected chi connectivity index (χ2v) is 8.23. The third-order valence-electron chi connectivity index (χ3n) is 6.07. The number of carbonyl (C=O) groups is 2. The van der Waals surface area contributed by atoms with E-state index in [0.29, 0.717) is 30.5 Å². The Labute approximate surface area is 208 Å². The maximum atomic E-state index is 12.7. The lowest BCUT2D eigenvalue weighted by molar-refractivity contribution is -0.135. The molecule has 1 aliphatic carbocycles. The Bertz CT molecular complexity index is 765. The van der Waals surface area contributed by atoms with Crippen molar-refractivity contribution in [3.63, 3.8) is 0 Å².